The lowest BCUT2D eigenvalue weighted by Gasteiger charge is -2.24. The van der Waals surface area contributed by atoms with Crippen LogP contribution in [0.15, 0.2) is 29.2 Å². The van der Waals surface area contributed by atoms with Gasteiger partial charge in [-0.1, -0.05) is 42.6 Å². The SMILES string of the molecule is CCCC(Cl)(SC)S(=O)(=O)c1ccc(C)cc1. The number of sulfone groups is 1. The van der Waals surface area contributed by atoms with Crippen molar-refractivity contribution in [2.45, 2.75) is 35.1 Å². The van der Waals surface area contributed by atoms with E-state index in [1.54, 1.807) is 30.5 Å². The van der Waals surface area contributed by atoms with Crippen LogP contribution < -0.4 is 0 Å². The summed E-state index contributed by atoms with van der Waals surface area (Å²) in [5.41, 5.74) is 1.03. The topological polar surface area (TPSA) is 34.1 Å². The van der Waals surface area contributed by atoms with Crippen molar-refractivity contribution in [2.24, 2.45) is 0 Å². The summed E-state index contributed by atoms with van der Waals surface area (Å²) in [6, 6.07) is 6.81. The first-order valence-corrected chi connectivity index (χ1v) is 8.51. The number of aryl methyl sites for hydroxylation is 1. The Labute approximate surface area is 113 Å². The predicted molar refractivity (Wildman–Crippen MR) is 75.4 cm³/mol. The smallest absolute Gasteiger partial charge is 0.207 e. The quantitative estimate of drug-likeness (QED) is 0.774. The van der Waals surface area contributed by atoms with Crippen molar-refractivity contribution < 1.29 is 8.42 Å². The number of thioether (sulfide) groups is 1. The van der Waals surface area contributed by atoms with Gasteiger partial charge in [0.25, 0.3) is 0 Å². The number of rotatable bonds is 5. The van der Waals surface area contributed by atoms with E-state index in [-0.39, 0.29) is 0 Å². The summed E-state index contributed by atoms with van der Waals surface area (Å²) in [6.45, 7) is 3.85. The summed E-state index contributed by atoms with van der Waals surface area (Å²) in [7, 11) is -3.50. The van der Waals surface area contributed by atoms with Crippen LogP contribution in [0.3, 0.4) is 0 Å². The number of hydrogen-bond acceptors (Lipinski definition) is 3. The van der Waals surface area contributed by atoms with Gasteiger partial charge in [-0.25, -0.2) is 8.42 Å². The fourth-order valence-corrected chi connectivity index (χ4v) is 4.89. The second-order valence-electron chi connectivity index (χ2n) is 3.93. The summed E-state index contributed by atoms with van der Waals surface area (Å²) in [4.78, 5) is 0.293. The molecule has 0 saturated heterocycles. The van der Waals surface area contributed by atoms with Gasteiger partial charge in [0.1, 0.15) is 0 Å². The normalized spacial score (nSPS) is 15.5. The van der Waals surface area contributed by atoms with Crippen LogP contribution in [0.1, 0.15) is 25.3 Å². The third kappa shape index (κ3) is 2.98. The summed E-state index contributed by atoms with van der Waals surface area (Å²) in [6.07, 6.45) is 2.90. The first kappa shape index (κ1) is 14.9. The molecular weight excluding hydrogens is 276 g/mol. The predicted octanol–water partition coefficient (Wildman–Crippen LogP) is 3.82. The Kier molecular flexibility index (Phi) is 4.93. The van der Waals surface area contributed by atoms with Gasteiger partial charge in [0.05, 0.1) is 4.90 Å². The fourth-order valence-electron chi connectivity index (χ4n) is 1.54. The van der Waals surface area contributed by atoms with Crippen molar-refractivity contribution in [3.05, 3.63) is 29.8 Å². The van der Waals surface area contributed by atoms with Gasteiger partial charge in [-0.2, -0.15) is 0 Å². The second-order valence-corrected chi connectivity index (χ2v) is 8.56. The van der Waals surface area contributed by atoms with E-state index in [9.17, 15) is 8.42 Å². The van der Waals surface area contributed by atoms with Gasteiger partial charge in [0.15, 0.2) is 3.54 Å². The number of hydrogen-bond donors (Lipinski definition) is 0. The molecule has 0 aliphatic rings. The van der Waals surface area contributed by atoms with Crippen molar-refractivity contribution in [1.29, 1.82) is 0 Å². The number of benzene rings is 1. The minimum atomic E-state index is -3.50. The van der Waals surface area contributed by atoms with Crippen LogP contribution in [0.2, 0.25) is 0 Å². The monoisotopic (exact) mass is 292 g/mol. The standard InChI is InChI=1S/C12H17ClO2S2/c1-4-9-12(13,16-3)17(14,15)11-7-5-10(2)6-8-11/h5-8H,4,9H2,1-3H3. The van der Waals surface area contributed by atoms with Crippen LogP contribution in [0.25, 0.3) is 0 Å². The highest BCUT2D eigenvalue weighted by Gasteiger charge is 2.41. The third-order valence-corrected chi connectivity index (χ3v) is 7.72. The van der Waals surface area contributed by atoms with Crippen LogP contribution in [0.4, 0.5) is 0 Å². The molecule has 0 amide bonds. The van der Waals surface area contributed by atoms with Gasteiger partial charge >= 0.3 is 0 Å². The highest BCUT2D eigenvalue weighted by atomic mass is 35.5. The molecule has 1 aromatic rings. The van der Waals surface area contributed by atoms with Gasteiger partial charge in [-0.05, 0) is 31.7 Å². The van der Waals surface area contributed by atoms with E-state index in [2.05, 4.69) is 0 Å². The lowest BCUT2D eigenvalue weighted by atomic mass is 10.2. The van der Waals surface area contributed by atoms with Crippen molar-refractivity contribution in [3.63, 3.8) is 0 Å². The van der Waals surface area contributed by atoms with Crippen LogP contribution in [-0.2, 0) is 9.84 Å². The van der Waals surface area contributed by atoms with Crippen LogP contribution in [0.5, 0.6) is 0 Å². The molecule has 1 aromatic carbocycles. The number of alkyl halides is 1. The molecule has 0 fully saturated rings. The fraction of sp³-hybridized carbons (Fsp3) is 0.500. The molecule has 5 heteroatoms. The lowest BCUT2D eigenvalue weighted by molar-refractivity contribution is 0.583. The van der Waals surface area contributed by atoms with E-state index in [1.807, 2.05) is 13.8 Å². The van der Waals surface area contributed by atoms with Crippen molar-refractivity contribution in [1.82, 2.24) is 0 Å². The third-order valence-electron chi connectivity index (χ3n) is 2.59. The molecular formula is C12H17ClO2S2. The molecule has 0 aromatic heterocycles. The largest absolute Gasteiger partial charge is 0.221 e. The molecule has 0 aliphatic heterocycles. The first-order valence-electron chi connectivity index (χ1n) is 5.42. The van der Waals surface area contributed by atoms with E-state index in [0.717, 1.165) is 12.0 Å². The zero-order valence-corrected chi connectivity index (χ0v) is 12.6. The zero-order chi connectivity index (χ0) is 13.1. The van der Waals surface area contributed by atoms with Gasteiger partial charge < -0.3 is 0 Å². The Balaban J connectivity index is 3.22. The van der Waals surface area contributed by atoms with Crippen LogP contribution in [-0.4, -0.2) is 18.2 Å². The van der Waals surface area contributed by atoms with Gasteiger partial charge in [-0.3, -0.25) is 0 Å². The molecule has 0 spiro atoms. The summed E-state index contributed by atoms with van der Waals surface area (Å²) in [5.74, 6) is 0. The molecule has 0 N–H and O–H groups in total. The van der Waals surface area contributed by atoms with Gasteiger partial charge in [-0.15, -0.1) is 11.8 Å². The highest BCUT2D eigenvalue weighted by molar-refractivity contribution is 8.16. The summed E-state index contributed by atoms with van der Waals surface area (Å²) < 4.78 is 23.6. The lowest BCUT2D eigenvalue weighted by Crippen LogP contribution is -2.28. The zero-order valence-electron chi connectivity index (χ0n) is 10.2. The van der Waals surface area contributed by atoms with Crippen molar-refractivity contribution >= 4 is 33.2 Å². The van der Waals surface area contributed by atoms with E-state index in [1.165, 1.54) is 11.8 Å². The Morgan fingerprint density at radius 2 is 1.82 bits per heavy atom. The second kappa shape index (κ2) is 5.63. The molecule has 0 saturated carbocycles. The highest BCUT2D eigenvalue weighted by Crippen LogP contribution is 2.42. The Hall–Kier alpha value is -0.190. The van der Waals surface area contributed by atoms with E-state index in [4.69, 9.17) is 11.6 Å². The van der Waals surface area contributed by atoms with Crippen LogP contribution >= 0.6 is 23.4 Å². The van der Waals surface area contributed by atoms with E-state index in [0.29, 0.717) is 11.3 Å². The molecule has 1 rings (SSSR count). The van der Waals surface area contributed by atoms with Gasteiger partial charge in [0.2, 0.25) is 9.84 Å². The minimum Gasteiger partial charge on any atom is -0.221 e. The summed E-state index contributed by atoms with van der Waals surface area (Å²) >= 11 is 7.45. The molecule has 1 atom stereocenters. The number of halogens is 1. The average molecular weight is 293 g/mol. The summed E-state index contributed by atoms with van der Waals surface area (Å²) in [5, 5.41) is 0. The maximum atomic E-state index is 12.4. The molecule has 1 unspecified atom stereocenters. The molecule has 96 valence electrons. The minimum absolute atomic E-state index is 0.293. The Morgan fingerprint density at radius 1 is 1.29 bits per heavy atom. The van der Waals surface area contributed by atoms with Crippen LogP contribution in [0, 0.1) is 6.92 Å². The van der Waals surface area contributed by atoms with E-state index < -0.39 is 13.4 Å². The first-order chi connectivity index (χ1) is 7.87. The average Bonchev–Trinajstić information content (AvgIpc) is 2.29. The molecule has 0 bridgehead atoms. The molecule has 0 radical (unpaired) electrons. The van der Waals surface area contributed by atoms with Crippen molar-refractivity contribution in [3.8, 4) is 0 Å². The molecule has 17 heavy (non-hydrogen) atoms. The van der Waals surface area contributed by atoms with Gasteiger partial charge in [0, 0.05) is 0 Å². The molecule has 0 aliphatic carbocycles. The maximum absolute atomic E-state index is 12.4. The Morgan fingerprint density at radius 3 is 2.24 bits per heavy atom. The van der Waals surface area contributed by atoms with E-state index >= 15 is 0 Å². The van der Waals surface area contributed by atoms with Crippen molar-refractivity contribution in [2.75, 3.05) is 6.26 Å². The maximum Gasteiger partial charge on any atom is 0.207 e. The molecule has 2 nitrogen and oxygen atoms in total. The Bertz CT molecular complexity index is 468. The molecule has 0 heterocycles.